The lowest BCUT2D eigenvalue weighted by atomic mass is 10.2. The SMILES string of the molecule is COc1cc(Br)c(S(=O)(=O)N2CCn3cccc3[C@H]2C)cc1OC. The van der Waals surface area contributed by atoms with Gasteiger partial charge >= 0.3 is 0 Å². The van der Waals surface area contributed by atoms with E-state index in [1.54, 1.807) is 6.07 Å². The number of sulfonamides is 1. The van der Waals surface area contributed by atoms with Crippen LogP contribution in [-0.4, -0.2) is 38.1 Å². The summed E-state index contributed by atoms with van der Waals surface area (Å²) in [6.45, 7) is 2.96. The zero-order valence-electron chi connectivity index (χ0n) is 13.7. The second kappa shape index (κ2) is 6.42. The molecule has 1 atom stereocenters. The maximum atomic E-state index is 13.2. The molecule has 0 spiro atoms. The molecule has 6 nitrogen and oxygen atoms in total. The summed E-state index contributed by atoms with van der Waals surface area (Å²) in [5, 5.41) is 0. The van der Waals surface area contributed by atoms with Crippen LogP contribution >= 0.6 is 15.9 Å². The fraction of sp³-hybridized carbons (Fsp3) is 0.375. The molecule has 8 heteroatoms. The quantitative estimate of drug-likeness (QED) is 0.771. The third-order valence-electron chi connectivity index (χ3n) is 4.31. The summed E-state index contributed by atoms with van der Waals surface area (Å²) >= 11 is 3.35. The average molecular weight is 415 g/mol. The molecule has 24 heavy (non-hydrogen) atoms. The fourth-order valence-electron chi connectivity index (χ4n) is 3.05. The molecule has 0 unspecified atom stereocenters. The molecule has 0 fully saturated rings. The van der Waals surface area contributed by atoms with Crippen LogP contribution in [-0.2, 0) is 16.6 Å². The largest absolute Gasteiger partial charge is 0.493 e. The van der Waals surface area contributed by atoms with Gasteiger partial charge in [0.25, 0.3) is 0 Å². The van der Waals surface area contributed by atoms with Crippen molar-refractivity contribution in [2.24, 2.45) is 0 Å². The van der Waals surface area contributed by atoms with E-state index in [2.05, 4.69) is 20.5 Å². The highest BCUT2D eigenvalue weighted by molar-refractivity contribution is 9.10. The third-order valence-corrected chi connectivity index (χ3v) is 7.24. The smallest absolute Gasteiger partial charge is 0.245 e. The van der Waals surface area contributed by atoms with Crippen LogP contribution in [0, 0.1) is 0 Å². The van der Waals surface area contributed by atoms with Crippen molar-refractivity contribution in [3.63, 3.8) is 0 Å². The lowest BCUT2D eigenvalue weighted by molar-refractivity contribution is 0.282. The zero-order valence-corrected chi connectivity index (χ0v) is 16.1. The summed E-state index contributed by atoms with van der Waals surface area (Å²) in [6.07, 6.45) is 1.97. The van der Waals surface area contributed by atoms with E-state index < -0.39 is 10.0 Å². The summed E-state index contributed by atoms with van der Waals surface area (Å²) in [4.78, 5) is 0.173. The first-order valence-electron chi connectivity index (χ1n) is 7.48. The van der Waals surface area contributed by atoms with Gasteiger partial charge in [-0.2, -0.15) is 4.31 Å². The van der Waals surface area contributed by atoms with Crippen LogP contribution in [0.25, 0.3) is 0 Å². The third kappa shape index (κ3) is 2.72. The van der Waals surface area contributed by atoms with E-state index in [1.807, 2.05) is 25.3 Å². The number of methoxy groups -OCH3 is 2. The highest BCUT2D eigenvalue weighted by Gasteiger charge is 2.35. The van der Waals surface area contributed by atoms with Crippen molar-refractivity contribution in [2.75, 3.05) is 20.8 Å². The molecule has 0 N–H and O–H groups in total. The van der Waals surface area contributed by atoms with Crippen LogP contribution < -0.4 is 9.47 Å². The van der Waals surface area contributed by atoms with Crippen LogP contribution in [0.1, 0.15) is 18.7 Å². The van der Waals surface area contributed by atoms with E-state index in [-0.39, 0.29) is 10.9 Å². The van der Waals surface area contributed by atoms with Crippen LogP contribution in [0.2, 0.25) is 0 Å². The summed E-state index contributed by atoms with van der Waals surface area (Å²) in [6, 6.07) is 6.77. The molecule has 0 bridgehead atoms. The Balaban J connectivity index is 2.06. The normalized spacial score (nSPS) is 18.2. The van der Waals surface area contributed by atoms with Crippen LogP contribution in [0.4, 0.5) is 0 Å². The van der Waals surface area contributed by atoms with E-state index in [9.17, 15) is 8.42 Å². The fourth-order valence-corrected chi connectivity index (χ4v) is 5.64. The van der Waals surface area contributed by atoms with Gasteiger partial charge in [-0.15, -0.1) is 0 Å². The number of benzene rings is 1. The maximum absolute atomic E-state index is 13.2. The van der Waals surface area contributed by atoms with Gasteiger partial charge in [0.05, 0.1) is 20.3 Å². The number of nitrogens with zero attached hydrogens (tertiary/aromatic N) is 2. The van der Waals surface area contributed by atoms with Gasteiger partial charge in [-0.3, -0.25) is 0 Å². The Bertz CT molecular complexity index is 863. The Hall–Kier alpha value is -1.51. The Morgan fingerprint density at radius 3 is 2.50 bits per heavy atom. The molecule has 1 aromatic carbocycles. The molecule has 0 amide bonds. The molecule has 1 aliphatic heterocycles. The molecule has 1 aliphatic rings. The van der Waals surface area contributed by atoms with Crippen molar-refractivity contribution < 1.29 is 17.9 Å². The van der Waals surface area contributed by atoms with Crippen molar-refractivity contribution in [3.05, 3.63) is 40.6 Å². The molecule has 0 aliphatic carbocycles. The predicted octanol–water partition coefficient (Wildman–Crippen LogP) is 3.03. The van der Waals surface area contributed by atoms with Crippen LogP contribution in [0.3, 0.4) is 0 Å². The molecule has 130 valence electrons. The summed E-state index contributed by atoms with van der Waals surface area (Å²) in [7, 11) is -0.685. The Morgan fingerprint density at radius 2 is 1.83 bits per heavy atom. The molecule has 0 saturated carbocycles. The van der Waals surface area contributed by atoms with Gasteiger partial charge in [0.15, 0.2) is 11.5 Å². The van der Waals surface area contributed by atoms with Crippen LogP contribution in [0.15, 0.2) is 39.8 Å². The minimum atomic E-state index is -3.68. The number of fused-ring (bicyclic) bond motifs is 1. The van der Waals surface area contributed by atoms with Crippen LogP contribution in [0.5, 0.6) is 11.5 Å². The van der Waals surface area contributed by atoms with Gasteiger partial charge < -0.3 is 14.0 Å². The van der Waals surface area contributed by atoms with Gasteiger partial charge in [0.1, 0.15) is 4.90 Å². The summed E-state index contributed by atoms with van der Waals surface area (Å²) in [5.74, 6) is 0.858. The average Bonchev–Trinajstić information content (AvgIpc) is 3.04. The number of rotatable bonds is 4. The first-order valence-corrected chi connectivity index (χ1v) is 9.72. The summed E-state index contributed by atoms with van der Waals surface area (Å²) in [5.41, 5.74) is 0.987. The second-order valence-electron chi connectivity index (χ2n) is 5.56. The number of ether oxygens (including phenoxy) is 2. The Labute approximate surface area is 150 Å². The van der Waals surface area contributed by atoms with Crippen molar-refractivity contribution in [3.8, 4) is 11.5 Å². The van der Waals surface area contributed by atoms with E-state index >= 15 is 0 Å². The van der Waals surface area contributed by atoms with E-state index in [0.29, 0.717) is 29.1 Å². The predicted molar refractivity (Wildman–Crippen MR) is 94.0 cm³/mol. The second-order valence-corrected chi connectivity index (χ2v) is 8.27. The van der Waals surface area contributed by atoms with Gasteiger partial charge in [-0.25, -0.2) is 8.42 Å². The molecule has 2 heterocycles. The minimum absolute atomic E-state index is 0.173. The summed E-state index contributed by atoms with van der Waals surface area (Å²) < 4.78 is 40.9. The van der Waals surface area contributed by atoms with E-state index in [1.165, 1.54) is 24.6 Å². The highest BCUT2D eigenvalue weighted by atomic mass is 79.9. The molecule has 3 rings (SSSR count). The molecular weight excluding hydrogens is 396 g/mol. The van der Waals surface area contributed by atoms with Gasteiger partial charge in [-0.1, -0.05) is 0 Å². The lowest BCUT2D eigenvalue weighted by Crippen LogP contribution is -2.40. The first-order chi connectivity index (χ1) is 11.4. The number of hydrogen-bond acceptors (Lipinski definition) is 4. The lowest BCUT2D eigenvalue weighted by Gasteiger charge is -2.34. The number of aromatic nitrogens is 1. The monoisotopic (exact) mass is 414 g/mol. The Morgan fingerprint density at radius 1 is 1.17 bits per heavy atom. The van der Waals surface area contributed by atoms with Gasteiger partial charge in [-0.05, 0) is 41.1 Å². The van der Waals surface area contributed by atoms with Gasteiger partial charge in [0, 0.05) is 35.5 Å². The highest BCUT2D eigenvalue weighted by Crippen LogP contribution is 2.39. The van der Waals surface area contributed by atoms with E-state index in [0.717, 1.165) is 5.69 Å². The van der Waals surface area contributed by atoms with E-state index in [4.69, 9.17) is 9.47 Å². The zero-order chi connectivity index (χ0) is 17.5. The minimum Gasteiger partial charge on any atom is -0.493 e. The number of halogens is 1. The van der Waals surface area contributed by atoms with Gasteiger partial charge in [0.2, 0.25) is 10.0 Å². The molecule has 0 radical (unpaired) electrons. The van der Waals surface area contributed by atoms with Crippen molar-refractivity contribution in [1.82, 2.24) is 8.87 Å². The van der Waals surface area contributed by atoms with Crippen molar-refractivity contribution >= 4 is 26.0 Å². The molecule has 0 saturated heterocycles. The topological polar surface area (TPSA) is 60.8 Å². The maximum Gasteiger partial charge on any atom is 0.245 e. The molecular formula is C16H19BrN2O4S. The Kier molecular flexibility index (Phi) is 4.63. The number of hydrogen-bond donors (Lipinski definition) is 0. The standard InChI is InChI=1S/C16H19BrN2O4S/c1-11-13-5-4-6-18(13)7-8-19(11)24(20,21)16-10-15(23-3)14(22-2)9-12(16)17/h4-6,9-11H,7-8H2,1-3H3/t11-/m1/s1. The first kappa shape index (κ1) is 17.3. The molecule has 2 aromatic rings. The van der Waals surface area contributed by atoms with Crippen molar-refractivity contribution in [2.45, 2.75) is 24.4 Å². The molecule has 1 aromatic heterocycles. The van der Waals surface area contributed by atoms with Crippen molar-refractivity contribution in [1.29, 1.82) is 0 Å².